The first-order valence-electron chi connectivity index (χ1n) is 8.76. The summed E-state index contributed by atoms with van der Waals surface area (Å²) in [7, 11) is 0. The molecule has 0 aromatic heterocycles. The molecule has 0 spiro atoms. The Kier molecular flexibility index (Phi) is 9.14. The van der Waals surface area contributed by atoms with Gasteiger partial charge in [0.1, 0.15) is 11.6 Å². The van der Waals surface area contributed by atoms with E-state index in [1.807, 2.05) is 17.9 Å². The van der Waals surface area contributed by atoms with Gasteiger partial charge in [0, 0.05) is 35.9 Å². The molecule has 3 N–H and O–H groups in total. The Balaban J connectivity index is 0.00000196. The number of hydrogen-bond acceptors (Lipinski definition) is 3. The van der Waals surface area contributed by atoms with E-state index in [1.165, 1.54) is 18.2 Å². The van der Waals surface area contributed by atoms with Crippen molar-refractivity contribution in [1.29, 1.82) is 0 Å². The molecular formula is C20H25Cl2F2N3O. The molecule has 1 aliphatic heterocycles. The molecule has 0 radical (unpaired) electrons. The minimum Gasteiger partial charge on any atom is -0.399 e. The largest absolute Gasteiger partial charge is 0.399 e. The Hall–Kier alpha value is -1.89. The summed E-state index contributed by atoms with van der Waals surface area (Å²) in [6.45, 7) is 3.36. The lowest BCUT2D eigenvalue weighted by Gasteiger charge is -2.33. The van der Waals surface area contributed by atoms with Crippen LogP contribution < -0.4 is 11.1 Å². The monoisotopic (exact) mass is 431 g/mol. The van der Waals surface area contributed by atoms with Crippen molar-refractivity contribution in [3.63, 3.8) is 0 Å². The average molecular weight is 432 g/mol. The molecule has 1 fully saturated rings. The van der Waals surface area contributed by atoms with Gasteiger partial charge in [-0.2, -0.15) is 0 Å². The molecule has 0 aliphatic carbocycles. The maximum Gasteiger partial charge on any atom is 0.251 e. The Morgan fingerprint density at radius 1 is 1.21 bits per heavy atom. The normalized spacial score (nSPS) is 16.6. The van der Waals surface area contributed by atoms with Crippen LogP contribution in [0.25, 0.3) is 0 Å². The van der Waals surface area contributed by atoms with E-state index in [0.717, 1.165) is 24.9 Å². The van der Waals surface area contributed by atoms with E-state index in [-0.39, 0.29) is 48.9 Å². The molecule has 1 saturated heterocycles. The molecule has 1 unspecified atom stereocenters. The molecule has 28 heavy (non-hydrogen) atoms. The molecule has 1 atom stereocenters. The molecule has 4 nitrogen and oxygen atoms in total. The minimum absolute atomic E-state index is 0. The third-order valence-electron chi connectivity index (χ3n) is 4.79. The minimum atomic E-state index is -0.536. The van der Waals surface area contributed by atoms with E-state index < -0.39 is 11.6 Å². The van der Waals surface area contributed by atoms with Gasteiger partial charge in [0.25, 0.3) is 5.91 Å². The van der Waals surface area contributed by atoms with Gasteiger partial charge in [0.2, 0.25) is 0 Å². The van der Waals surface area contributed by atoms with Crippen LogP contribution in [0.2, 0.25) is 0 Å². The van der Waals surface area contributed by atoms with Crippen molar-refractivity contribution in [3.05, 3.63) is 64.7 Å². The van der Waals surface area contributed by atoms with Crippen LogP contribution in [-0.2, 0) is 6.54 Å². The maximum absolute atomic E-state index is 13.9. The lowest BCUT2D eigenvalue weighted by atomic mass is 10.0. The average Bonchev–Trinajstić information content (AvgIpc) is 2.60. The van der Waals surface area contributed by atoms with Crippen molar-refractivity contribution < 1.29 is 13.6 Å². The van der Waals surface area contributed by atoms with Gasteiger partial charge in [0.05, 0.1) is 0 Å². The summed E-state index contributed by atoms with van der Waals surface area (Å²) < 4.78 is 27.7. The quantitative estimate of drug-likeness (QED) is 0.716. The van der Waals surface area contributed by atoms with Gasteiger partial charge in [-0.3, -0.25) is 9.69 Å². The first kappa shape index (κ1) is 24.1. The molecule has 1 aliphatic rings. The van der Waals surface area contributed by atoms with Crippen LogP contribution in [0.15, 0.2) is 36.4 Å². The zero-order valence-corrected chi connectivity index (χ0v) is 17.2. The molecule has 3 rings (SSSR count). The Morgan fingerprint density at radius 2 is 1.89 bits per heavy atom. The number of nitrogens with zero attached hydrogens (tertiary/aromatic N) is 1. The smallest absolute Gasteiger partial charge is 0.251 e. The van der Waals surface area contributed by atoms with Crippen molar-refractivity contribution in [1.82, 2.24) is 10.2 Å². The fourth-order valence-electron chi connectivity index (χ4n) is 3.37. The summed E-state index contributed by atoms with van der Waals surface area (Å²) in [5, 5.41) is 3.02. The van der Waals surface area contributed by atoms with E-state index >= 15 is 0 Å². The summed E-state index contributed by atoms with van der Waals surface area (Å²) in [5.41, 5.74) is 7.81. The van der Waals surface area contributed by atoms with E-state index in [2.05, 4.69) is 5.32 Å². The van der Waals surface area contributed by atoms with E-state index in [9.17, 15) is 13.6 Å². The van der Waals surface area contributed by atoms with Crippen LogP contribution in [0.1, 0.15) is 34.3 Å². The number of rotatable bonds is 4. The first-order chi connectivity index (χ1) is 12.4. The second kappa shape index (κ2) is 10.6. The second-order valence-corrected chi connectivity index (χ2v) is 6.82. The predicted octanol–water partition coefficient (Wildman–Crippen LogP) is 4.09. The second-order valence-electron chi connectivity index (χ2n) is 6.82. The molecule has 0 saturated carbocycles. The van der Waals surface area contributed by atoms with Crippen molar-refractivity contribution in [2.45, 2.75) is 32.4 Å². The van der Waals surface area contributed by atoms with E-state index in [0.29, 0.717) is 17.8 Å². The zero-order chi connectivity index (χ0) is 18.7. The summed E-state index contributed by atoms with van der Waals surface area (Å²) >= 11 is 0. The molecule has 1 heterocycles. The fourth-order valence-corrected chi connectivity index (χ4v) is 3.37. The van der Waals surface area contributed by atoms with Gasteiger partial charge < -0.3 is 11.1 Å². The topological polar surface area (TPSA) is 58.4 Å². The number of likely N-dealkylation sites (tertiary alicyclic amines) is 1. The van der Waals surface area contributed by atoms with Crippen molar-refractivity contribution >= 4 is 36.4 Å². The molecule has 2 aromatic carbocycles. The standard InChI is InChI=1S/C20H23F2N3O.2ClH/c1-13-7-8-14(23)10-16(13)20(26)24-15-4-3-9-25(11-15)12-17-18(21)5-2-6-19(17)22;;/h2,5-8,10,15H,3-4,9,11-12,23H2,1H3,(H,24,26);2*1H. The Labute approximate surface area is 176 Å². The summed E-state index contributed by atoms with van der Waals surface area (Å²) in [6.07, 6.45) is 1.69. The van der Waals surface area contributed by atoms with Gasteiger partial charge >= 0.3 is 0 Å². The highest BCUT2D eigenvalue weighted by Crippen LogP contribution is 2.19. The number of benzene rings is 2. The number of carbonyl (C=O) groups is 1. The first-order valence-corrected chi connectivity index (χ1v) is 8.76. The number of carbonyl (C=O) groups excluding carboxylic acids is 1. The third kappa shape index (κ3) is 5.80. The number of anilines is 1. The number of halogens is 4. The van der Waals surface area contributed by atoms with Crippen LogP contribution in [0.3, 0.4) is 0 Å². The van der Waals surface area contributed by atoms with Gasteiger partial charge in [0.15, 0.2) is 0 Å². The highest BCUT2D eigenvalue weighted by Gasteiger charge is 2.24. The zero-order valence-electron chi connectivity index (χ0n) is 15.6. The van der Waals surface area contributed by atoms with Crippen LogP contribution in [0.5, 0.6) is 0 Å². The number of aryl methyl sites for hydroxylation is 1. The third-order valence-corrected chi connectivity index (χ3v) is 4.79. The summed E-state index contributed by atoms with van der Waals surface area (Å²) in [5.74, 6) is -1.24. The maximum atomic E-state index is 13.9. The number of nitrogens with two attached hydrogens (primary N) is 1. The number of nitrogen functional groups attached to an aromatic ring is 1. The molecule has 1 amide bonds. The van der Waals surface area contributed by atoms with Crippen molar-refractivity contribution in [2.75, 3.05) is 18.8 Å². The van der Waals surface area contributed by atoms with Crippen LogP contribution in [0.4, 0.5) is 14.5 Å². The van der Waals surface area contributed by atoms with Crippen LogP contribution in [0, 0.1) is 18.6 Å². The number of piperidine rings is 1. The number of hydrogen-bond donors (Lipinski definition) is 2. The highest BCUT2D eigenvalue weighted by molar-refractivity contribution is 5.96. The fraction of sp³-hybridized carbons (Fsp3) is 0.350. The summed E-state index contributed by atoms with van der Waals surface area (Å²) in [6, 6.07) is 9.08. The van der Waals surface area contributed by atoms with Gasteiger partial charge in [-0.1, -0.05) is 12.1 Å². The molecular weight excluding hydrogens is 407 g/mol. The summed E-state index contributed by atoms with van der Waals surface area (Å²) in [4.78, 5) is 14.5. The van der Waals surface area contributed by atoms with Crippen LogP contribution in [-0.4, -0.2) is 29.9 Å². The Morgan fingerprint density at radius 3 is 2.57 bits per heavy atom. The number of nitrogens with one attached hydrogen (secondary N) is 1. The highest BCUT2D eigenvalue weighted by atomic mass is 35.5. The molecule has 154 valence electrons. The SMILES string of the molecule is Cc1ccc(N)cc1C(=O)NC1CCCN(Cc2c(F)cccc2F)C1.Cl.Cl. The Bertz CT molecular complexity index is 800. The molecule has 0 bridgehead atoms. The van der Waals surface area contributed by atoms with E-state index in [1.54, 1.807) is 12.1 Å². The van der Waals surface area contributed by atoms with Crippen LogP contribution >= 0.6 is 24.8 Å². The molecule has 8 heteroatoms. The van der Waals surface area contributed by atoms with Crippen molar-refractivity contribution in [3.8, 4) is 0 Å². The van der Waals surface area contributed by atoms with Gasteiger partial charge in [-0.25, -0.2) is 8.78 Å². The lowest BCUT2D eigenvalue weighted by molar-refractivity contribution is 0.0899. The van der Waals surface area contributed by atoms with E-state index in [4.69, 9.17) is 5.73 Å². The number of amides is 1. The van der Waals surface area contributed by atoms with Gasteiger partial charge in [-0.05, 0) is 56.1 Å². The van der Waals surface area contributed by atoms with Gasteiger partial charge in [-0.15, -0.1) is 24.8 Å². The van der Waals surface area contributed by atoms with Crippen molar-refractivity contribution in [2.24, 2.45) is 0 Å². The molecule has 2 aromatic rings. The lowest BCUT2D eigenvalue weighted by Crippen LogP contribution is -2.47. The predicted molar refractivity (Wildman–Crippen MR) is 112 cm³/mol.